The molecule has 0 atom stereocenters. The molecule has 0 aliphatic rings. The van der Waals surface area contributed by atoms with Crippen LogP contribution in [0.4, 0.5) is 0 Å². The van der Waals surface area contributed by atoms with Gasteiger partial charge < -0.3 is 9.47 Å². The van der Waals surface area contributed by atoms with Gasteiger partial charge in [0.2, 0.25) is 0 Å². The minimum atomic E-state index is 0.604. The highest BCUT2D eigenvalue weighted by Gasteiger charge is 2.07. The van der Waals surface area contributed by atoms with Crippen LogP contribution in [0.2, 0.25) is 0 Å². The summed E-state index contributed by atoms with van der Waals surface area (Å²) >= 11 is 3.41. The normalized spacial score (nSPS) is 11.1. The summed E-state index contributed by atoms with van der Waals surface area (Å²) in [6.07, 6.45) is 6.52. The van der Waals surface area contributed by atoms with Crippen LogP contribution in [0, 0.1) is 11.3 Å². The topological polar surface area (TPSA) is 42.2 Å². The molecular formula is C22H24BrNO2. The number of unbranched alkanes of at least 4 members (excludes halogenated alkanes) is 3. The van der Waals surface area contributed by atoms with Crippen molar-refractivity contribution in [3.8, 4) is 17.6 Å². The molecule has 3 nitrogen and oxygen atoms in total. The monoisotopic (exact) mass is 413 g/mol. The third-order valence-electron chi connectivity index (χ3n) is 4.03. The first-order chi connectivity index (χ1) is 12.7. The van der Waals surface area contributed by atoms with Gasteiger partial charge in [-0.25, -0.2) is 0 Å². The van der Waals surface area contributed by atoms with Gasteiger partial charge in [0.05, 0.1) is 25.4 Å². The molecule has 0 aliphatic heterocycles. The zero-order valence-electron chi connectivity index (χ0n) is 15.3. The average Bonchev–Trinajstić information content (AvgIpc) is 2.67. The summed E-state index contributed by atoms with van der Waals surface area (Å²) in [4.78, 5) is 0. The van der Waals surface area contributed by atoms with Gasteiger partial charge in [-0.2, -0.15) is 5.26 Å². The molecule has 0 unspecified atom stereocenters. The molecule has 0 heterocycles. The fourth-order valence-electron chi connectivity index (χ4n) is 2.58. The lowest BCUT2D eigenvalue weighted by Crippen LogP contribution is -1.99. The number of hydrogen-bond donors (Lipinski definition) is 0. The number of rotatable bonds is 9. The van der Waals surface area contributed by atoms with Crippen molar-refractivity contribution in [3.05, 3.63) is 58.1 Å². The second kappa shape index (κ2) is 10.7. The van der Waals surface area contributed by atoms with Gasteiger partial charge in [0.15, 0.2) is 11.5 Å². The summed E-state index contributed by atoms with van der Waals surface area (Å²) in [5.74, 6) is 1.42. The van der Waals surface area contributed by atoms with Crippen molar-refractivity contribution in [1.82, 2.24) is 0 Å². The van der Waals surface area contributed by atoms with Gasteiger partial charge >= 0.3 is 0 Å². The Kier molecular flexibility index (Phi) is 8.24. The Morgan fingerprint density at radius 2 is 1.85 bits per heavy atom. The lowest BCUT2D eigenvalue weighted by atomic mass is 10.0. The lowest BCUT2D eigenvalue weighted by molar-refractivity contribution is 0.285. The van der Waals surface area contributed by atoms with Crippen LogP contribution in [0.5, 0.6) is 11.5 Å². The first-order valence-corrected chi connectivity index (χ1v) is 9.65. The van der Waals surface area contributed by atoms with E-state index < -0.39 is 0 Å². The van der Waals surface area contributed by atoms with Crippen LogP contribution in [-0.4, -0.2) is 13.7 Å². The average molecular weight is 414 g/mol. The fraction of sp³-hybridized carbons (Fsp3) is 0.318. The molecule has 0 aromatic heterocycles. The summed E-state index contributed by atoms with van der Waals surface area (Å²) < 4.78 is 12.3. The maximum Gasteiger partial charge on any atom is 0.161 e. The summed E-state index contributed by atoms with van der Waals surface area (Å²) in [7, 11) is 1.63. The van der Waals surface area contributed by atoms with Crippen molar-refractivity contribution in [2.75, 3.05) is 13.7 Å². The molecule has 2 aromatic carbocycles. The van der Waals surface area contributed by atoms with Crippen LogP contribution in [0.1, 0.15) is 43.7 Å². The third-order valence-corrected chi connectivity index (χ3v) is 4.56. The molecule has 2 rings (SSSR count). The Bertz CT molecular complexity index is 776. The van der Waals surface area contributed by atoms with E-state index in [0.717, 1.165) is 27.8 Å². The van der Waals surface area contributed by atoms with Crippen LogP contribution in [0.25, 0.3) is 11.6 Å². The molecule has 0 aliphatic carbocycles. The molecule has 0 saturated heterocycles. The first kappa shape index (κ1) is 20.1. The molecule has 0 radical (unpaired) electrons. The molecule has 2 aromatic rings. The van der Waals surface area contributed by atoms with E-state index in [-0.39, 0.29) is 0 Å². The predicted molar refractivity (Wildman–Crippen MR) is 110 cm³/mol. The van der Waals surface area contributed by atoms with E-state index in [1.165, 1.54) is 19.3 Å². The van der Waals surface area contributed by atoms with Gasteiger partial charge in [-0.1, -0.05) is 60.3 Å². The molecule has 136 valence electrons. The number of benzene rings is 2. The fourth-order valence-corrected chi connectivity index (χ4v) is 2.84. The van der Waals surface area contributed by atoms with Crippen LogP contribution in [-0.2, 0) is 0 Å². The molecule has 0 spiro atoms. The van der Waals surface area contributed by atoms with E-state index in [1.54, 1.807) is 7.11 Å². The Morgan fingerprint density at radius 3 is 2.50 bits per heavy atom. The van der Waals surface area contributed by atoms with Crippen molar-refractivity contribution in [1.29, 1.82) is 5.26 Å². The van der Waals surface area contributed by atoms with Crippen molar-refractivity contribution in [2.24, 2.45) is 0 Å². The van der Waals surface area contributed by atoms with E-state index in [2.05, 4.69) is 28.9 Å². The van der Waals surface area contributed by atoms with Gasteiger partial charge in [-0.3, -0.25) is 0 Å². The van der Waals surface area contributed by atoms with Crippen LogP contribution < -0.4 is 9.47 Å². The SMILES string of the molecule is CCCCCCOc1ccc(/C=C(\C#N)c2ccc(Br)cc2)cc1OC. The number of halogens is 1. The maximum absolute atomic E-state index is 9.49. The molecule has 0 fully saturated rings. The molecule has 0 amide bonds. The molecule has 4 heteroatoms. The minimum absolute atomic E-state index is 0.604. The van der Waals surface area contributed by atoms with E-state index in [4.69, 9.17) is 9.47 Å². The van der Waals surface area contributed by atoms with E-state index in [1.807, 2.05) is 48.5 Å². The Labute approximate surface area is 164 Å². The Morgan fingerprint density at radius 1 is 1.08 bits per heavy atom. The van der Waals surface area contributed by atoms with Gasteiger partial charge in [-0.05, 0) is 47.9 Å². The number of nitrogens with zero attached hydrogens (tertiary/aromatic N) is 1. The lowest BCUT2D eigenvalue weighted by Gasteiger charge is -2.11. The number of nitriles is 1. The number of hydrogen-bond acceptors (Lipinski definition) is 3. The number of methoxy groups -OCH3 is 1. The maximum atomic E-state index is 9.49. The smallest absolute Gasteiger partial charge is 0.161 e. The highest BCUT2D eigenvalue weighted by atomic mass is 79.9. The zero-order valence-corrected chi connectivity index (χ0v) is 16.9. The van der Waals surface area contributed by atoms with Gasteiger partial charge in [0.1, 0.15) is 0 Å². The second-order valence-electron chi connectivity index (χ2n) is 6.00. The standard InChI is InChI=1S/C22H24BrNO2/c1-3-4-5-6-13-26-21-12-7-17(15-22(21)25-2)14-19(16-24)18-8-10-20(23)11-9-18/h7-12,14-15H,3-6,13H2,1-2H3/b19-14+. The largest absolute Gasteiger partial charge is 0.493 e. The molecule has 0 bridgehead atoms. The van der Waals surface area contributed by atoms with E-state index >= 15 is 0 Å². The predicted octanol–water partition coefficient (Wildman–Crippen LogP) is 6.48. The van der Waals surface area contributed by atoms with Crippen molar-refractivity contribution < 1.29 is 9.47 Å². The van der Waals surface area contributed by atoms with Crippen molar-refractivity contribution in [2.45, 2.75) is 32.6 Å². The quantitative estimate of drug-likeness (QED) is 0.268. The van der Waals surface area contributed by atoms with Crippen LogP contribution in [0.3, 0.4) is 0 Å². The Balaban J connectivity index is 2.14. The van der Waals surface area contributed by atoms with Gasteiger partial charge in [0, 0.05) is 4.47 Å². The van der Waals surface area contributed by atoms with E-state index in [0.29, 0.717) is 17.9 Å². The van der Waals surface area contributed by atoms with Crippen molar-refractivity contribution >= 4 is 27.6 Å². The van der Waals surface area contributed by atoms with Crippen molar-refractivity contribution in [3.63, 3.8) is 0 Å². The highest BCUT2D eigenvalue weighted by Crippen LogP contribution is 2.30. The Hall–Kier alpha value is -2.25. The summed E-state index contributed by atoms with van der Waals surface area (Å²) in [5, 5.41) is 9.49. The third kappa shape index (κ3) is 5.93. The van der Waals surface area contributed by atoms with Crippen LogP contribution >= 0.6 is 15.9 Å². The summed E-state index contributed by atoms with van der Waals surface area (Å²) in [6, 6.07) is 15.7. The summed E-state index contributed by atoms with van der Waals surface area (Å²) in [6.45, 7) is 2.88. The minimum Gasteiger partial charge on any atom is -0.493 e. The second-order valence-corrected chi connectivity index (χ2v) is 6.91. The van der Waals surface area contributed by atoms with Gasteiger partial charge in [0.25, 0.3) is 0 Å². The number of ether oxygens (including phenoxy) is 2. The molecule has 26 heavy (non-hydrogen) atoms. The highest BCUT2D eigenvalue weighted by molar-refractivity contribution is 9.10. The van der Waals surface area contributed by atoms with E-state index in [9.17, 15) is 5.26 Å². The van der Waals surface area contributed by atoms with Crippen LogP contribution in [0.15, 0.2) is 46.9 Å². The molecular weight excluding hydrogens is 390 g/mol. The zero-order chi connectivity index (χ0) is 18.8. The van der Waals surface area contributed by atoms with Gasteiger partial charge in [-0.15, -0.1) is 0 Å². The first-order valence-electron chi connectivity index (χ1n) is 8.86. The molecule has 0 N–H and O–H groups in total. The number of allylic oxidation sites excluding steroid dienone is 1. The summed E-state index contributed by atoms with van der Waals surface area (Å²) in [5.41, 5.74) is 2.39. The molecule has 0 saturated carbocycles.